The van der Waals surface area contributed by atoms with Gasteiger partial charge in [-0.05, 0) is 53.4 Å². The predicted octanol–water partition coefficient (Wildman–Crippen LogP) is 3.94. The molecule has 0 aromatic carbocycles. The molecule has 21 heavy (non-hydrogen) atoms. The Morgan fingerprint density at radius 2 is 1.52 bits per heavy atom. The molecule has 0 amide bonds. The maximum atomic E-state index is 10.8. The Morgan fingerprint density at radius 1 is 1.00 bits per heavy atom. The van der Waals surface area contributed by atoms with Gasteiger partial charge in [-0.1, -0.05) is 34.9 Å². The summed E-state index contributed by atoms with van der Waals surface area (Å²) in [6.45, 7) is 8.17. The standard InChI is InChI=1S/C16H29O4P/c1-13(2)7-5-8-14(3)9-6-10-15(4)11-16(17)12-21(18,19)20/h7,9,11,16-17H,5-6,8,10,12H2,1-4H3,(H2,18,19,20). The Bertz CT molecular complexity index is 439. The van der Waals surface area contributed by atoms with Crippen molar-refractivity contribution in [2.24, 2.45) is 0 Å². The average molecular weight is 316 g/mol. The Kier molecular flexibility index (Phi) is 9.80. The van der Waals surface area contributed by atoms with Crippen molar-refractivity contribution in [3.63, 3.8) is 0 Å². The fourth-order valence-corrected chi connectivity index (χ4v) is 2.54. The Hall–Kier alpha value is -0.670. The normalized spacial score (nSPS) is 15.0. The van der Waals surface area contributed by atoms with E-state index in [1.165, 1.54) is 17.2 Å². The molecule has 0 saturated heterocycles. The van der Waals surface area contributed by atoms with Crippen molar-refractivity contribution in [3.05, 3.63) is 34.9 Å². The molecule has 0 bridgehead atoms. The molecule has 3 N–H and O–H groups in total. The van der Waals surface area contributed by atoms with Gasteiger partial charge in [-0.3, -0.25) is 4.57 Å². The van der Waals surface area contributed by atoms with Crippen LogP contribution in [0.5, 0.6) is 0 Å². The third-order valence-corrected chi connectivity index (χ3v) is 3.87. The summed E-state index contributed by atoms with van der Waals surface area (Å²) in [7, 11) is -4.15. The lowest BCUT2D eigenvalue weighted by Crippen LogP contribution is -2.09. The Labute approximate surface area is 128 Å². The van der Waals surface area contributed by atoms with E-state index >= 15 is 0 Å². The maximum absolute atomic E-state index is 10.8. The van der Waals surface area contributed by atoms with Gasteiger partial charge in [-0.15, -0.1) is 0 Å². The van der Waals surface area contributed by atoms with Crippen LogP contribution in [0.25, 0.3) is 0 Å². The van der Waals surface area contributed by atoms with Gasteiger partial charge in [0.2, 0.25) is 0 Å². The van der Waals surface area contributed by atoms with Crippen LogP contribution in [0.4, 0.5) is 0 Å². The Morgan fingerprint density at radius 3 is 2.05 bits per heavy atom. The second kappa shape index (κ2) is 10.1. The molecule has 4 nitrogen and oxygen atoms in total. The SMILES string of the molecule is CC(C)=CCCC(C)=CCCC(C)=CC(O)CP(=O)(O)O. The van der Waals surface area contributed by atoms with Gasteiger partial charge in [0.1, 0.15) is 0 Å². The fourth-order valence-electron chi connectivity index (χ4n) is 1.94. The van der Waals surface area contributed by atoms with Gasteiger partial charge in [0.25, 0.3) is 0 Å². The van der Waals surface area contributed by atoms with E-state index in [-0.39, 0.29) is 0 Å². The first-order chi connectivity index (χ1) is 9.60. The number of hydrogen-bond donors (Lipinski definition) is 3. The van der Waals surface area contributed by atoms with Crippen molar-refractivity contribution in [3.8, 4) is 0 Å². The molecule has 0 saturated carbocycles. The first-order valence-corrected chi connectivity index (χ1v) is 9.09. The van der Waals surface area contributed by atoms with Crippen molar-refractivity contribution in [1.82, 2.24) is 0 Å². The quantitative estimate of drug-likeness (QED) is 0.445. The zero-order valence-corrected chi connectivity index (χ0v) is 14.4. The van der Waals surface area contributed by atoms with Crippen LogP contribution in [-0.4, -0.2) is 27.2 Å². The summed E-state index contributed by atoms with van der Waals surface area (Å²) in [4.78, 5) is 17.6. The second-order valence-corrected chi connectivity index (χ2v) is 7.53. The lowest BCUT2D eigenvalue weighted by Gasteiger charge is -2.09. The van der Waals surface area contributed by atoms with Gasteiger partial charge in [-0.2, -0.15) is 0 Å². The number of allylic oxidation sites excluding steroid dienone is 5. The maximum Gasteiger partial charge on any atom is 0.328 e. The first-order valence-electron chi connectivity index (χ1n) is 7.29. The number of aliphatic hydroxyl groups is 1. The molecule has 0 fully saturated rings. The monoisotopic (exact) mass is 316 g/mol. The van der Waals surface area contributed by atoms with Crippen LogP contribution in [0.2, 0.25) is 0 Å². The predicted molar refractivity (Wildman–Crippen MR) is 88.3 cm³/mol. The minimum atomic E-state index is -4.15. The highest BCUT2D eigenvalue weighted by molar-refractivity contribution is 7.51. The van der Waals surface area contributed by atoms with E-state index in [0.29, 0.717) is 0 Å². The molecule has 5 heteroatoms. The third-order valence-electron chi connectivity index (χ3n) is 3.02. The largest absolute Gasteiger partial charge is 0.388 e. The number of rotatable bonds is 9. The van der Waals surface area contributed by atoms with E-state index in [4.69, 9.17) is 9.79 Å². The average Bonchev–Trinajstić information content (AvgIpc) is 2.25. The van der Waals surface area contributed by atoms with E-state index in [1.807, 2.05) is 6.92 Å². The van der Waals surface area contributed by atoms with Crippen LogP contribution in [0.1, 0.15) is 53.4 Å². The minimum absolute atomic E-state index is 0.512. The van der Waals surface area contributed by atoms with Crippen molar-refractivity contribution in [1.29, 1.82) is 0 Å². The van der Waals surface area contributed by atoms with Crippen LogP contribution >= 0.6 is 7.60 Å². The van der Waals surface area contributed by atoms with Crippen LogP contribution in [0, 0.1) is 0 Å². The number of aliphatic hydroxyl groups excluding tert-OH is 1. The summed E-state index contributed by atoms with van der Waals surface area (Å²) in [5.74, 6) is 0. The molecule has 0 spiro atoms. The molecule has 0 aliphatic rings. The summed E-state index contributed by atoms with van der Waals surface area (Å²) < 4.78 is 10.8. The second-order valence-electron chi connectivity index (χ2n) is 5.84. The highest BCUT2D eigenvalue weighted by atomic mass is 31.2. The van der Waals surface area contributed by atoms with Crippen LogP contribution in [0.15, 0.2) is 34.9 Å². The highest BCUT2D eigenvalue weighted by Crippen LogP contribution is 2.35. The fraction of sp³-hybridized carbons (Fsp3) is 0.625. The van der Waals surface area contributed by atoms with Crippen molar-refractivity contribution in [2.75, 3.05) is 6.16 Å². The lowest BCUT2D eigenvalue weighted by atomic mass is 10.1. The van der Waals surface area contributed by atoms with Crippen molar-refractivity contribution < 1.29 is 19.5 Å². The van der Waals surface area contributed by atoms with Gasteiger partial charge >= 0.3 is 7.60 Å². The van der Waals surface area contributed by atoms with E-state index in [9.17, 15) is 9.67 Å². The molecule has 1 atom stereocenters. The third kappa shape index (κ3) is 14.0. The summed E-state index contributed by atoms with van der Waals surface area (Å²) >= 11 is 0. The van der Waals surface area contributed by atoms with Gasteiger partial charge < -0.3 is 14.9 Å². The molecule has 0 aromatic rings. The van der Waals surface area contributed by atoms with E-state index in [2.05, 4.69) is 32.9 Å². The molecule has 0 heterocycles. The zero-order valence-electron chi connectivity index (χ0n) is 13.5. The molecule has 0 radical (unpaired) electrons. The molecular formula is C16H29O4P. The molecule has 0 aliphatic carbocycles. The van der Waals surface area contributed by atoms with Gasteiger partial charge in [-0.25, -0.2) is 0 Å². The molecule has 1 unspecified atom stereocenters. The van der Waals surface area contributed by atoms with Crippen molar-refractivity contribution >= 4 is 7.60 Å². The molecule has 0 aromatic heterocycles. The number of hydrogen-bond acceptors (Lipinski definition) is 2. The zero-order chi connectivity index (χ0) is 16.5. The van der Waals surface area contributed by atoms with Crippen LogP contribution < -0.4 is 0 Å². The van der Waals surface area contributed by atoms with Gasteiger partial charge in [0.05, 0.1) is 12.3 Å². The topological polar surface area (TPSA) is 77.8 Å². The van der Waals surface area contributed by atoms with E-state index in [0.717, 1.165) is 31.3 Å². The lowest BCUT2D eigenvalue weighted by molar-refractivity contribution is 0.233. The summed E-state index contributed by atoms with van der Waals surface area (Å²) in [6, 6.07) is 0. The molecular weight excluding hydrogens is 287 g/mol. The van der Waals surface area contributed by atoms with Crippen LogP contribution in [0.3, 0.4) is 0 Å². The van der Waals surface area contributed by atoms with Crippen molar-refractivity contribution in [2.45, 2.75) is 59.5 Å². The smallest absolute Gasteiger partial charge is 0.328 e. The summed E-state index contributed by atoms with van der Waals surface area (Å²) in [5.41, 5.74) is 3.63. The first kappa shape index (κ1) is 20.3. The molecule has 0 aliphatic heterocycles. The summed E-state index contributed by atoms with van der Waals surface area (Å²) in [6.07, 6.45) is 8.13. The van der Waals surface area contributed by atoms with E-state index < -0.39 is 19.9 Å². The molecule has 0 rings (SSSR count). The highest BCUT2D eigenvalue weighted by Gasteiger charge is 2.17. The molecule has 122 valence electrons. The summed E-state index contributed by atoms with van der Waals surface area (Å²) in [5, 5.41) is 9.54. The van der Waals surface area contributed by atoms with Gasteiger partial charge in [0.15, 0.2) is 0 Å². The minimum Gasteiger partial charge on any atom is -0.388 e. The Balaban J connectivity index is 4.15. The van der Waals surface area contributed by atoms with E-state index in [1.54, 1.807) is 0 Å². The van der Waals surface area contributed by atoms with Gasteiger partial charge in [0, 0.05) is 0 Å². The van der Waals surface area contributed by atoms with Crippen LogP contribution in [-0.2, 0) is 4.57 Å².